The number of pyridine rings is 1. The van der Waals surface area contributed by atoms with E-state index in [1.165, 1.54) is 12.4 Å². The maximum absolute atomic E-state index is 13.2. The average molecular weight is 401 g/mol. The molecule has 0 bridgehead atoms. The Labute approximate surface area is 169 Å². The van der Waals surface area contributed by atoms with Crippen LogP contribution in [0.2, 0.25) is 0 Å². The van der Waals surface area contributed by atoms with E-state index in [0.717, 1.165) is 12.8 Å². The lowest BCUT2D eigenvalue weighted by Crippen LogP contribution is -2.43. The third kappa shape index (κ3) is 3.34. The zero-order valence-corrected chi connectivity index (χ0v) is 16.0. The third-order valence-electron chi connectivity index (χ3n) is 5.47. The second kappa shape index (κ2) is 8.20. The number of ketones is 2. The fraction of sp³-hybridized carbons (Fsp3) is 0.333. The molecule has 0 unspecified atom stereocenters. The molecule has 1 amide bonds. The molecule has 7 heteroatoms. The number of benzene rings is 1. The number of carbonyl (C=O) groups is 3. The van der Waals surface area contributed by atoms with E-state index < -0.39 is 17.9 Å². The topological polar surface area (TPSA) is 87.6 Å². The summed E-state index contributed by atoms with van der Waals surface area (Å²) < 4.78 is 0. The summed E-state index contributed by atoms with van der Waals surface area (Å²) in [5, 5.41) is 11.0. The van der Waals surface area contributed by atoms with Crippen LogP contribution in [0.15, 0.2) is 48.8 Å². The quantitative estimate of drug-likeness (QED) is 0.796. The van der Waals surface area contributed by atoms with Gasteiger partial charge in [-0.05, 0) is 30.5 Å². The lowest BCUT2D eigenvalue weighted by atomic mass is 9.80. The molecule has 1 aromatic carbocycles. The van der Waals surface area contributed by atoms with Crippen LogP contribution in [-0.2, 0) is 4.79 Å². The minimum absolute atomic E-state index is 0. The number of carbonyl (C=O) groups excluding carboxylic acids is 3. The van der Waals surface area contributed by atoms with Gasteiger partial charge in [-0.25, -0.2) is 0 Å². The Morgan fingerprint density at radius 3 is 2.07 bits per heavy atom. The van der Waals surface area contributed by atoms with Gasteiger partial charge in [0.25, 0.3) is 0 Å². The van der Waals surface area contributed by atoms with Crippen molar-refractivity contribution in [2.75, 3.05) is 13.1 Å². The highest BCUT2D eigenvalue weighted by atomic mass is 35.5. The van der Waals surface area contributed by atoms with Gasteiger partial charge >= 0.3 is 0 Å². The highest BCUT2D eigenvalue weighted by Gasteiger charge is 2.50. The molecule has 6 nitrogen and oxygen atoms in total. The van der Waals surface area contributed by atoms with Gasteiger partial charge in [0.2, 0.25) is 5.91 Å². The highest BCUT2D eigenvalue weighted by molar-refractivity contribution is 6.27. The summed E-state index contributed by atoms with van der Waals surface area (Å²) in [7, 11) is 0. The van der Waals surface area contributed by atoms with Crippen molar-refractivity contribution in [2.45, 2.75) is 18.9 Å². The van der Waals surface area contributed by atoms with E-state index in [1.54, 1.807) is 41.3 Å². The van der Waals surface area contributed by atoms with Crippen LogP contribution in [0.5, 0.6) is 0 Å². The normalized spacial score (nSPS) is 18.5. The second-order valence-electron chi connectivity index (χ2n) is 7.04. The van der Waals surface area contributed by atoms with Gasteiger partial charge in [-0.2, -0.15) is 0 Å². The molecule has 2 aliphatic rings. The lowest BCUT2D eigenvalue weighted by Gasteiger charge is -2.29. The number of halogens is 1. The van der Waals surface area contributed by atoms with E-state index in [9.17, 15) is 19.5 Å². The molecule has 2 heterocycles. The standard InChI is InChI=1S/C21H20N2O4.ClH/c24-18(13-7-9-22-10-8-13)17(21(27)23-11-3-4-12-23)16-19(25)14-5-1-2-6-15(14)20(16)26;/h1-2,5-10,16-18,24H,3-4,11-12H2;1H/t17-,18+;/m1./s1. The van der Waals surface area contributed by atoms with Crippen molar-refractivity contribution in [3.63, 3.8) is 0 Å². The van der Waals surface area contributed by atoms with E-state index in [4.69, 9.17) is 0 Å². The number of aromatic nitrogens is 1. The van der Waals surface area contributed by atoms with Crippen LogP contribution in [0.4, 0.5) is 0 Å². The van der Waals surface area contributed by atoms with Crippen LogP contribution >= 0.6 is 12.4 Å². The van der Waals surface area contributed by atoms with Crippen molar-refractivity contribution in [3.05, 3.63) is 65.5 Å². The summed E-state index contributed by atoms with van der Waals surface area (Å²) in [6.45, 7) is 1.17. The number of aliphatic hydroxyl groups excluding tert-OH is 1. The van der Waals surface area contributed by atoms with Gasteiger partial charge in [0, 0.05) is 36.6 Å². The molecule has 0 spiro atoms. The molecule has 2 atom stereocenters. The van der Waals surface area contributed by atoms with E-state index >= 15 is 0 Å². The molecule has 0 radical (unpaired) electrons. The summed E-state index contributed by atoms with van der Waals surface area (Å²) in [4.78, 5) is 44.8. The van der Waals surface area contributed by atoms with E-state index in [2.05, 4.69) is 4.98 Å². The molecule has 28 heavy (non-hydrogen) atoms. The number of hydrogen-bond donors (Lipinski definition) is 1. The van der Waals surface area contributed by atoms with Crippen LogP contribution in [0, 0.1) is 11.8 Å². The Kier molecular flexibility index (Phi) is 5.91. The van der Waals surface area contributed by atoms with Crippen LogP contribution in [-0.4, -0.2) is 45.6 Å². The molecule has 1 aliphatic heterocycles. The summed E-state index contributed by atoms with van der Waals surface area (Å²) in [6.07, 6.45) is 3.55. The van der Waals surface area contributed by atoms with E-state index in [-0.39, 0.29) is 29.9 Å². The summed E-state index contributed by atoms with van der Waals surface area (Å²) in [5.74, 6) is -3.45. The first kappa shape index (κ1) is 20.2. The number of Topliss-reactive ketones (excluding diaryl/α,β-unsaturated/α-hetero) is 2. The number of amides is 1. The molecule has 1 saturated heterocycles. The molecule has 146 valence electrons. The van der Waals surface area contributed by atoms with Crippen molar-refractivity contribution in [2.24, 2.45) is 11.8 Å². The minimum Gasteiger partial charge on any atom is -0.388 e. The highest BCUT2D eigenvalue weighted by Crippen LogP contribution is 2.39. The SMILES string of the molecule is Cl.O=C1c2ccccc2C(=O)C1[C@@H](C(=O)N1CCCC1)[C@@H](O)c1ccncc1. The fourth-order valence-corrected chi connectivity index (χ4v) is 4.07. The summed E-state index contributed by atoms with van der Waals surface area (Å²) in [5.41, 5.74) is 1.13. The van der Waals surface area contributed by atoms with Crippen molar-refractivity contribution in [3.8, 4) is 0 Å². The Morgan fingerprint density at radius 1 is 1.00 bits per heavy atom. The molecule has 4 rings (SSSR count). The number of aliphatic hydroxyl groups is 1. The van der Waals surface area contributed by atoms with Crippen LogP contribution in [0.1, 0.15) is 45.2 Å². The molecule has 2 aromatic rings. The van der Waals surface area contributed by atoms with Gasteiger partial charge in [-0.15, -0.1) is 12.4 Å². The molecule has 1 aromatic heterocycles. The molecule has 0 saturated carbocycles. The number of rotatable bonds is 4. The second-order valence-corrected chi connectivity index (χ2v) is 7.04. The maximum atomic E-state index is 13.2. The zero-order valence-electron chi connectivity index (χ0n) is 15.2. The third-order valence-corrected chi connectivity index (χ3v) is 5.47. The molecule has 1 N–H and O–H groups in total. The molecule has 1 aliphatic carbocycles. The van der Waals surface area contributed by atoms with Gasteiger partial charge in [0.15, 0.2) is 11.6 Å². The predicted octanol–water partition coefficient (Wildman–Crippen LogP) is 2.47. The van der Waals surface area contributed by atoms with Crippen molar-refractivity contribution in [1.82, 2.24) is 9.88 Å². The monoisotopic (exact) mass is 400 g/mol. The van der Waals surface area contributed by atoms with E-state index in [0.29, 0.717) is 29.8 Å². The van der Waals surface area contributed by atoms with E-state index in [1.807, 2.05) is 0 Å². The number of hydrogen-bond acceptors (Lipinski definition) is 5. The molecular weight excluding hydrogens is 380 g/mol. The Hall–Kier alpha value is -2.57. The molecule has 1 fully saturated rings. The van der Waals surface area contributed by atoms with Crippen molar-refractivity contribution in [1.29, 1.82) is 0 Å². The van der Waals surface area contributed by atoms with Gasteiger partial charge in [0.05, 0.1) is 12.0 Å². The summed E-state index contributed by atoms with van der Waals surface area (Å²) in [6, 6.07) is 9.81. The number of fused-ring (bicyclic) bond motifs is 1. The van der Waals surface area contributed by atoms with Crippen LogP contribution < -0.4 is 0 Å². The summed E-state index contributed by atoms with van der Waals surface area (Å²) >= 11 is 0. The first-order chi connectivity index (χ1) is 13.1. The van der Waals surface area contributed by atoms with Gasteiger partial charge in [-0.3, -0.25) is 19.4 Å². The Balaban J connectivity index is 0.00000225. The molecular formula is C21H21ClN2O4. The smallest absolute Gasteiger partial charge is 0.229 e. The largest absolute Gasteiger partial charge is 0.388 e. The predicted molar refractivity (Wildman–Crippen MR) is 104 cm³/mol. The van der Waals surface area contributed by atoms with Crippen molar-refractivity contribution < 1.29 is 19.5 Å². The first-order valence-electron chi connectivity index (χ1n) is 9.14. The first-order valence-corrected chi connectivity index (χ1v) is 9.14. The Morgan fingerprint density at radius 2 is 1.54 bits per heavy atom. The van der Waals surface area contributed by atoms with Gasteiger partial charge < -0.3 is 10.0 Å². The average Bonchev–Trinajstić information content (AvgIpc) is 3.32. The van der Waals surface area contributed by atoms with Gasteiger partial charge in [-0.1, -0.05) is 24.3 Å². The van der Waals surface area contributed by atoms with Crippen molar-refractivity contribution >= 4 is 29.9 Å². The number of likely N-dealkylation sites (tertiary alicyclic amines) is 1. The minimum atomic E-state index is -1.26. The maximum Gasteiger partial charge on any atom is 0.229 e. The van der Waals surface area contributed by atoms with Crippen LogP contribution in [0.25, 0.3) is 0 Å². The lowest BCUT2D eigenvalue weighted by molar-refractivity contribution is -0.139. The van der Waals surface area contributed by atoms with Gasteiger partial charge in [0.1, 0.15) is 5.92 Å². The van der Waals surface area contributed by atoms with Crippen LogP contribution in [0.3, 0.4) is 0 Å². The fourth-order valence-electron chi connectivity index (χ4n) is 4.07. The number of nitrogens with zero attached hydrogens (tertiary/aromatic N) is 2. The zero-order chi connectivity index (χ0) is 19.0. The Bertz CT molecular complexity index is 861.